The van der Waals surface area contributed by atoms with Crippen molar-refractivity contribution < 1.29 is 19.1 Å². The van der Waals surface area contributed by atoms with Crippen LogP contribution in [-0.4, -0.2) is 40.9 Å². The van der Waals surface area contributed by atoms with Gasteiger partial charge in [-0.05, 0) is 30.3 Å². The van der Waals surface area contributed by atoms with Crippen molar-refractivity contribution in [3.05, 3.63) is 78.4 Å². The van der Waals surface area contributed by atoms with Crippen LogP contribution in [0.2, 0.25) is 0 Å². The van der Waals surface area contributed by atoms with Crippen LogP contribution in [0.1, 0.15) is 12.0 Å². The number of rotatable bonds is 4. The lowest BCUT2D eigenvalue weighted by Crippen LogP contribution is -2.48. The van der Waals surface area contributed by atoms with Crippen LogP contribution < -0.4 is 15.4 Å². The van der Waals surface area contributed by atoms with E-state index in [1.165, 1.54) is 11.3 Å². The van der Waals surface area contributed by atoms with Crippen molar-refractivity contribution in [2.45, 2.75) is 12.0 Å². The molecule has 0 bridgehead atoms. The Bertz CT molecular complexity index is 1470. The lowest BCUT2D eigenvalue weighted by atomic mass is 9.84. The first kappa shape index (κ1) is 21.3. The molecule has 1 fully saturated rings. The lowest BCUT2D eigenvalue weighted by Gasteiger charge is -2.33. The summed E-state index contributed by atoms with van der Waals surface area (Å²) in [5, 5.41) is 6.45. The summed E-state index contributed by atoms with van der Waals surface area (Å²) in [6.45, 7) is -0.109. The molecule has 3 aromatic carbocycles. The molecule has 2 aliphatic heterocycles. The maximum Gasteiger partial charge on any atom is 0.325 e. The average Bonchev–Trinajstić information content (AvgIpc) is 3.40. The van der Waals surface area contributed by atoms with Gasteiger partial charge in [0.05, 0.1) is 22.5 Å². The molecule has 35 heavy (non-hydrogen) atoms. The highest BCUT2D eigenvalue weighted by atomic mass is 32.1. The van der Waals surface area contributed by atoms with Crippen molar-refractivity contribution >= 4 is 45.1 Å². The SMILES string of the molecule is O=C(CN1C(=O)N[C@@]2(CCOc3ccccc32)C1=O)Nc1ccccc1-c1nc2ccccc2s1. The molecule has 4 aromatic rings. The second kappa shape index (κ2) is 8.21. The van der Waals surface area contributed by atoms with Crippen LogP contribution in [0.3, 0.4) is 0 Å². The highest BCUT2D eigenvalue weighted by Crippen LogP contribution is 2.41. The summed E-state index contributed by atoms with van der Waals surface area (Å²) in [5.41, 5.74) is 1.61. The number of amides is 4. The van der Waals surface area contributed by atoms with Crippen molar-refractivity contribution in [3.63, 3.8) is 0 Å². The Labute approximate surface area is 204 Å². The summed E-state index contributed by atoms with van der Waals surface area (Å²) in [7, 11) is 0. The molecule has 4 amide bonds. The average molecular weight is 485 g/mol. The molecule has 1 spiro atoms. The standard InChI is InChI=1S/C26H20N4O4S/c31-22(27-18-9-3-1-7-16(18)23-28-19-10-4-6-12-21(19)35-23)15-30-24(32)26(29-25(30)33)13-14-34-20-11-5-2-8-17(20)26/h1-12H,13-15H2,(H,27,31)(H,29,33)/t26-/m1/s1. The summed E-state index contributed by atoms with van der Waals surface area (Å²) in [5.74, 6) is -0.365. The summed E-state index contributed by atoms with van der Waals surface area (Å²) < 4.78 is 6.71. The molecule has 1 saturated heterocycles. The Morgan fingerprint density at radius 1 is 1.06 bits per heavy atom. The second-order valence-electron chi connectivity index (χ2n) is 8.40. The van der Waals surface area contributed by atoms with E-state index in [1.54, 1.807) is 24.3 Å². The molecule has 0 aliphatic carbocycles. The molecule has 1 aromatic heterocycles. The number of imide groups is 1. The number of benzene rings is 3. The fraction of sp³-hybridized carbons (Fsp3) is 0.154. The van der Waals surface area contributed by atoms with Gasteiger partial charge in [0.15, 0.2) is 5.54 Å². The number of hydrogen-bond acceptors (Lipinski definition) is 6. The van der Waals surface area contributed by atoms with Crippen LogP contribution >= 0.6 is 11.3 Å². The molecule has 6 rings (SSSR count). The van der Waals surface area contributed by atoms with Gasteiger partial charge in [0.1, 0.15) is 17.3 Å². The molecule has 0 unspecified atom stereocenters. The molecule has 8 nitrogen and oxygen atoms in total. The minimum atomic E-state index is -1.22. The maximum atomic E-state index is 13.4. The van der Waals surface area contributed by atoms with Crippen LogP contribution in [0.5, 0.6) is 5.75 Å². The fourth-order valence-corrected chi connectivity index (χ4v) is 5.62. The van der Waals surface area contributed by atoms with E-state index >= 15 is 0 Å². The van der Waals surface area contributed by atoms with Crippen molar-refractivity contribution in [1.29, 1.82) is 0 Å². The third-order valence-electron chi connectivity index (χ3n) is 6.28. The van der Waals surface area contributed by atoms with Crippen molar-refractivity contribution in [3.8, 4) is 16.3 Å². The number of para-hydroxylation sites is 3. The van der Waals surface area contributed by atoms with Crippen LogP contribution in [0.15, 0.2) is 72.8 Å². The second-order valence-corrected chi connectivity index (χ2v) is 9.43. The molecule has 0 radical (unpaired) electrons. The van der Waals surface area contributed by atoms with E-state index < -0.39 is 29.9 Å². The summed E-state index contributed by atoms with van der Waals surface area (Å²) in [4.78, 5) is 44.9. The predicted molar refractivity (Wildman–Crippen MR) is 132 cm³/mol. The molecule has 2 N–H and O–H groups in total. The van der Waals surface area contributed by atoms with Gasteiger partial charge in [-0.1, -0.05) is 42.5 Å². The van der Waals surface area contributed by atoms with E-state index in [-0.39, 0.29) is 0 Å². The number of carbonyl (C=O) groups is 3. The van der Waals surface area contributed by atoms with Crippen LogP contribution in [-0.2, 0) is 15.1 Å². The number of nitrogens with zero attached hydrogens (tertiary/aromatic N) is 2. The van der Waals surface area contributed by atoms with E-state index in [0.29, 0.717) is 30.0 Å². The third kappa shape index (κ3) is 3.52. The van der Waals surface area contributed by atoms with Gasteiger partial charge < -0.3 is 15.4 Å². The van der Waals surface area contributed by atoms with E-state index in [4.69, 9.17) is 4.74 Å². The molecule has 3 heterocycles. The monoisotopic (exact) mass is 484 g/mol. The summed E-state index contributed by atoms with van der Waals surface area (Å²) in [6, 6.07) is 21.7. The Kier molecular flexibility index (Phi) is 5.00. The minimum Gasteiger partial charge on any atom is -0.493 e. The highest BCUT2D eigenvalue weighted by Gasteiger charge is 2.55. The van der Waals surface area contributed by atoms with Gasteiger partial charge in [-0.3, -0.25) is 14.5 Å². The summed E-state index contributed by atoms with van der Waals surface area (Å²) in [6.07, 6.45) is 0.299. The molecule has 1 atom stereocenters. The van der Waals surface area contributed by atoms with Crippen molar-refractivity contribution in [2.75, 3.05) is 18.5 Å². The zero-order chi connectivity index (χ0) is 24.0. The van der Waals surface area contributed by atoms with Gasteiger partial charge in [-0.15, -0.1) is 11.3 Å². The molecule has 0 saturated carbocycles. The number of carbonyl (C=O) groups excluding carboxylic acids is 3. The van der Waals surface area contributed by atoms with E-state index in [2.05, 4.69) is 15.6 Å². The first-order valence-corrected chi connectivity index (χ1v) is 12.0. The number of nitrogens with one attached hydrogen (secondary N) is 2. The van der Waals surface area contributed by atoms with Crippen LogP contribution in [0.4, 0.5) is 10.5 Å². The number of urea groups is 1. The molecule has 174 valence electrons. The van der Waals surface area contributed by atoms with Crippen LogP contribution in [0, 0.1) is 0 Å². The number of thiazole rings is 1. The lowest BCUT2D eigenvalue weighted by molar-refractivity contribution is -0.135. The Balaban J connectivity index is 1.24. The number of aromatic nitrogens is 1. The first-order valence-electron chi connectivity index (χ1n) is 11.2. The topological polar surface area (TPSA) is 101 Å². The highest BCUT2D eigenvalue weighted by molar-refractivity contribution is 7.21. The zero-order valence-corrected chi connectivity index (χ0v) is 19.3. The van der Waals surface area contributed by atoms with E-state index in [9.17, 15) is 14.4 Å². The Hall–Kier alpha value is -4.24. The molecule has 2 aliphatic rings. The van der Waals surface area contributed by atoms with Gasteiger partial charge in [0.25, 0.3) is 5.91 Å². The normalized spacial score (nSPS) is 18.9. The van der Waals surface area contributed by atoms with E-state index in [1.807, 2.05) is 48.5 Å². The predicted octanol–water partition coefficient (Wildman–Crippen LogP) is 4.13. The van der Waals surface area contributed by atoms with Gasteiger partial charge >= 0.3 is 6.03 Å². The minimum absolute atomic E-state index is 0.290. The van der Waals surface area contributed by atoms with Gasteiger partial charge in [-0.2, -0.15) is 0 Å². The maximum absolute atomic E-state index is 13.4. The number of hydrogen-bond donors (Lipinski definition) is 2. The van der Waals surface area contributed by atoms with Crippen molar-refractivity contribution in [1.82, 2.24) is 15.2 Å². The van der Waals surface area contributed by atoms with Crippen molar-refractivity contribution in [2.24, 2.45) is 0 Å². The van der Waals surface area contributed by atoms with Crippen LogP contribution in [0.25, 0.3) is 20.8 Å². The zero-order valence-electron chi connectivity index (χ0n) is 18.5. The van der Waals surface area contributed by atoms with Gasteiger partial charge in [0, 0.05) is 17.5 Å². The van der Waals surface area contributed by atoms with E-state index in [0.717, 1.165) is 25.7 Å². The Morgan fingerprint density at radius 2 is 1.83 bits per heavy atom. The largest absolute Gasteiger partial charge is 0.493 e. The fourth-order valence-electron chi connectivity index (χ4n) is 4.61. The number of fused-ring (bicyclic) bond motifs is 3. The molecular formula is C26H20N4O4S. The third-order valence-corrected chi connectivity index (χ3v) is 7.35. The molecule has 9 heteroatoms. The summed E-state index contributed by atoms with van der Waals surface area (Å²) >= 11 is 1.53. The smallest absolute Gasteiger partial charge is 0.325 e. The Morgan fingerprint density at radius 3 is 2.71 bits per heavy atom. The first-order chi connectivity index (χ1) is 17.0. The number of anilines is 1. The van der Waals surface area contributed by atoms with Gasteiger partial charge in [-0.25, -0.2) is 9.78 Å². The quantitative estimate of drug-likeness (QED) is 0.424. The van der Waals surface area contributed by atoms with Gasteiger partial charge in [0.2, 0.25) is 5.91 Å². The molecular weight excluding hydrogens is 464 g/mol. The number of ether oxygens (including phenoxy) is 1.